The van der Waals surface area contributed by atoms with Gasteiger partial charge in [0.25, 0.3) is 0 Å². The van der Waals surface area contributed by atoms with Crippen molar-refractivity contribution in [2.24, 2.45) is 22.2 Å². The van der Waals surface area contributed by atoms with Crippen molar-refractivity contribution in [1.82, 2.24) is 0 Å². The van der Waals surface area contributed by atoms with Gasteiger partial charge in [0.1, 0.15) is 0 Å². The topological polar surface area (TPSA) is 0 Å². The fourth-order valence-electron chi connectivity index (χ4n) is 10.3. The van der Waals surface area contributed by atoms with Gasteiger partial charge in [-0.3, -0.25) is 0 Å². The van der Waals surface area contributed by atoms with Crippen LogP contribution in [0.4, 0.5) is 0 Å². The fourth-order valence-corrected chi connectivity index (χ4v) is 19.8. The summed E-state index contributed by atoms with van der Waals surface area (Å²) in [5, 5.41) is 0. The molecule has 57 heavy (non-hydrogen) atoms. The first-order chi connectivity index (χ1) is 26.4. The van der Waals surface area contributed by atoms with Gasteiger partial charge in [0.05, 0.1) is 0 Å². The number of hydrogen-bond donors (Lipinski definition) is 0. The monoisotopic (exact) mass is 828 g/mol. The van der Waals surface area contributed by atoms with E-state index in [4.69, 9.17) is 0 Å². The summed E-state index contributed by atoms with van der Waals surface area (Å²) in [6.45, 7) is 38.3. The maximum absolute atomic E-state index is 3.06. The number of aryl methyl sites for hydroxylation is 2. The SMILES string of the molecule is Cc1ccc([C](c2ccc(C)cc2)=[Zr]([C]2=CC(C(C)(C)C)=CC2C)[CH]2c3cc4c(cc3-c3cc5c(cc32)C(C)(C)C=C5C(C)(C)C)C(C(C)(C)C)=CC4(C)C)cc1. The number of hydrogen-bond acceptors (Lipinski definition) is 0. The normalized spacial score (nSPS) is 19.3. The third kappa shape index (κ3) is 6.81. The molecule has 0 saturated carbocycles. The Morgan fingerprint density at radius 1 is 0.544 bits per heavy atom. The molecule has 1 unspecified atom stereocenters. The van der Waals surface area contributed by atoms with Gasteiger partial charge in [-0.15, -0.1) is 0 Å². The third-order valence-corrected chi connectivity index (χ3v) is 22.2. The van der Waals surface area contributed by atoms with Crippen LogP contribution in [0.5, 0.6) is 0 Å². The van der Waals surface area contributed by atoms with Crippen molar-refractivity contribution in [3.05, 3.63) is 162 Å². The molecule has 0 N–H and O–H groups in total. The summed E-state index contributed by atoms with van der Waals surface area (Å²) in [5.41, 5.74) is 22.1. The predicted molar refractivity (Wildman–Crippen MR) is 245 cm³/mol. The van der Waals surface area contributed by atoms with Gasteiger partial charge in [-0.05, 0) is 0 Å². The molecule has 4 aliphatic carbocycles. The van der Waals surface area contributed by atoms with E-state index in [1.165, 1.54) is 72.4 Å². The Labute approximate surface area is 353 Å². The minimum absolute atomic E-state index is 0.0386. The van der Waals surface area contributed by atoms with Crippen LogP contribution in [-0.2, 0) is 32.1 Å². The molecule has 0 aromatic heterocycles. The first-order valence-electron chi connectivity index (χ1n) is 21.5. The van der Waals surface area contributed by atoms with Gasteiger partial charge < -0.3 is 0 Å². The molecule has 0 saturated heterocycles. The standard InChI is InChI=1S/C31H37.C15H14.C10H15.Zr/c1-28(2,3)26-16-30(7,8)24-12-18-11-19-13-25-23(15-21(19)20(18)14-22(24)26)27(29(4,5)6)17-31(25,9)10;1-12-3-7-14(8-4-12)11-15-9-5-13(2)6-10-15;1-8-5-6-9(7-8)10(2,3)4;/h11-17H,1-10H3;3-10H,1-2H3;6-8H,1-4H3;. The predicted octanol–water partition coefficient (Wildman–Crippen LogP) is 15.2. The number of rotatable bonds is 4. The molecule has 0 nitrogen and oxygen atoms in total. The van der Waals surface area contributed by atoms with Crippen LogP contribution in [0, 0.1) is 36.0 Å². The molecule has 4 aromatic rings. The molecule has 0 spiro atoms. The van der Waals surface area contributed by atoms with E-state index >= 15 is 0 Å². The van der Waals surface area contributed by atoms with Crippen LogP contribution >= 0.6 is 0 Å². The van der Waals surface area contributed by atoms with Crippen LogP contribution in [0.1, 0.15) is 156 Å². The van der Waals surface area contributed by atoms with Crippen molar-refractivity contribution < 1.29 is 21.3 Å². The molecule has 0 aliphatic heterocycles. The molecule has 1 heteroatoms. The van der Waals surface area contributed by atoms with Crippen LogP contribution in [0.2, 0.25) is 0 Å². The Morgan fingerprint density at radius 3 is 1.30 bits per heavy atom. The second kappa shape index (κ2) is 13.3. The molecule has 4 aromatic carbocycles. The van der Waals surface area contributed by atoms with Crippen molar-refractivity contribution in [3.63, 3.8) is 0 Å². The number of benzene rings is 4. The van der Waals surface area contributed by atoms with E-state index in [1.54, 1.807) is 17.6 Å². The van der Waals surface area contributed by atoms with Crippen molar-refractivity contribution in [2.75, 3.05) is 0 Å². The Balaban J connectivity index is 1.54. The van der Waals surface area contributed by atoms with Gasteiger partial charge in [0, 0.05) is 0 Å². The second-order valence-electron chi connectivity index (χ2n) is 22.2. The van der Waals surface area contributed by atoms with E-state index in [1.807, 2.05) is 0 Å². The average Bonchev–Trinajstić information content (AvgIpc) is 3.80. The zero-order chi connectivity index (χ0) is 41.4. The summed E-state index contributed by atoms with van der Waals surface area (Å²) in [6, 6.07) is 29.9. The summed E-state index contributed by atoms with van der Waals surface area (Å²) in [7, 11) is 0. The van der Waals surface area contributed by atoms with Gasteiger partial charge in [0.15, 0.2) is 0 Å². The Hall–Kier alpha value is -3.41. The third-order valence-electron chi connectivity index (χ3n) is 13.5. The van der Waals surface area contributed by atoms with Crippen LogP contribution in [0.25, 0.3) is 22.3 Å². The number of allylic oxidation sites excluding steroid dienone is 8. The summed E-state index contributed by atoms with van der Waals surface area (Å²) in [5.74, 6) is 0.395. The van der Waals surface area contributed by atoms with Crippen molar-refractivity contribution in [3.8, 4) is 11.1 Å². The van der Waals surface area contributed by atoms with Crippen LogP contribution in [-0.4, -0.2) is 3.21 Å². The number of fused-ring (bicyclic) bond motifs is 5. The van der Waals surface area contributed by atoms with E-state index in [9.17, 15) is 0 Å². The van der Waals surface area contributed by atoms with E-state index in [2.05, 4.69) is 208 Å². The van der Waals surface area contributed by atoms with Gasteiger partial charge in [-0.2, -0.15) is 0 Å². The molecular formula is C56H66Zr. The first kappa shape index (κ1) is 40.4. The molecule has 8 rings (SSSR count). The van der Waals surface area contributed by atoms with Crippen LogP contribution < -0.4 is 0 Å². The van der Waals surface area contributed by atoms with Gasteiger partial charge in [-0.25, -0.2) is 0 Å². The quantitative estimate of drug-likeness (QED) is 0.192. The summed E-state index contributed by atoms with van der Waals surface area (Å²) < 4.78 is 3.68. The Bertz CT molecular complexity index is 2350. The van der Waals surface area contributed by atoms with Crippen molar-refractivity contribution in [1.29, 1.82) is 0 Å². The van der Waals surface area contributed by atoms with Crippen LogP contribution in [0.3, 0.4) is 0 Å². The average molecular weight is 830 g/mol. The van der Waals surface area contributed by atoms with Gasteiger partial charge in [0.2, 0.25) is 0 Å². The molecule has 0 radical (unpaired) electrons. The maximum atomic E-state index is 2.72. The van der Waals surface area contributed by atoms with E-state index in [0.717, 1.165) is 0 Å². The molecule has 0 heterocycles. The van der Waals surface area contributed by atoms with Gasteiger partial charge in [-0.1, -0.05) is 0 Å². The molecule has 0 bridgehead atoms. The summed E-state index contributed by atoms with van der Waals surface area (Å²) in [4.78, 5) is 0. The minimum atomic E-state index is -3.06. The van der Waals surface area contributed by atoms with E-state index < -0.39 is 21.3 Å². The van der Waals surface area contributed by atoms with Gasteiger partial charge >= 0.3 is 356 Å². The Kier molecular flexibility index (Phi) is 9.42. The summed E-state index contributed by atoms with van der Waals surface area (Å²) in [6.07, 6.45) is 10.5. The van der Waals surface area contributed by atoms with E-state index in [0.29, 0.717) is 9.54 Å². The van der Waals surface area contributed by atoms with Crippen molar-refractivity contribution >= 4 is 14.4 Å². The Morgan fingerprint density at radius 2 is 0.947 bits per heavy atom. The zero-order valence-electron chi connectivity index (χ0n) is 37.9. The first-order valence-corrected chi connectivity index (χ1v) is 25.4. The molecule has 4 aliphatic rings. The molecule has 0 amide bonds. The zero-order valence-corrected chi connectivity index (χ0v) is 40.4. The van der Waals surface area contributed by atoms with Crippen molar-refractivity contribution in [2.45, 2.75) is 125 Å². The second-order valence-corrected chi connectivity index (χ2v) is 28.3. The molecule has 0 fully saturated rings. The summed E-state index contributed by atoms with van der Waals surface area (Å²) >= 11 is -3.06. The molecule has 294 valence electrons. The fraction of sp³-hybridized carbons (Fsp3) is 0.411. The molecular weight excluding hydrogens is 764 g/mol. The van der Waals surface area contributed by atoms with E-state index in [-0.39, 0.29) is 27.1 Å². The van der Waals surface area contributed by atoms with Crippen LogP contribution in [0.15, 0.2) is 106 Å². The molecule has 1 atom stereocenters.